The largest absolute Gasteiger partial charge is 0.481 e. The first kappa shape index (κ1) is 12.5. The minimum absolute atomic E-state index is 0.189. The topological polar surface area (TPSA) is 97.5 Å². The predicted octanol–water partition coefficient (Wildman–Crippen LogP) is 1.34. The lowest BCUT2D eigenvalue weighted by Crippen LogP contribution is -2.34. The lowest BCUT2D eigenvalue weighted by Gasteiger charge is -2.29. The third-order valence-electron chi connectivity index (χ3n) is 3.49. The van der Waals surface area contributed by atoms with E-state index in [0.29, 0.717) is 12.8 Å². The molecule has 2 aliphatic rings. The molecule has 0 aliphatic heterocycles. The van der Waals surface area contributed by atoms with Crippen LogP contribution in [0.1, 0.15) is 25.7 Å². The highest BCUT2D eigenvalue weighted by Crippen LogP contribution is 2.36. The van der Waals surface area contributed by atoms with Crippen LogP contribution < -0.4 is 0 Å². The van der Waals surface area contributed by atoms with Gasteiger partial charge in [-0.2, -0.15) is 0 Å². The van der Waals surface area contributed by atoms with Crippen molar-refractivity contribution in [3.8, 4) is 0 Å². The van der Waals surface area contributed by atoms with Crippen LogP contribution in [0.3, 0.4) is 0 Å². The molecule has 96 valence electrons. The fourth-order valence-electron chi connectivity index (χ4n) is 2.54. The number of allylic oxidation sites excluding steroid dienone is 3. The van der Waals surface area contributed by atoms with Crippen molar-refractivity contribution >= 4 is 11.8 Å². The number of carbonyl (C=O) groups excluding carboxylic acids is 1. The highest BCUT2D eigenvalue weighted by Gasteiger charge is 2.38. The van der Waals surface area contributed by atoms with Crippen LogP contribution in [-0.4, -0.2) is 27.8 Å². The zero-order chi connectivity index (χ0) is 13.3. The minimum Gasteiger partial charge on any atom is -0.481 e. The molecule has 2 aliphatic carbocycles. The van der Waals surface area contributed by atoms with Gasteiger partial charge in [-0.25, -0.2) is 0 Å². The molecule has 1 saturated carbocycles. The van der Waals surface area contributed by atoms with Gasteiger partial charge in [0.15, 0.2) is 5.78 Å². The zero-order valence-corrected chi connectivity index (χ0v) is 9.67. The fourth-order valence-corrected chi connectivity index (χ4v) is 2.54. The van der Waals surface area contributed by atoms with E-state index < -0.39 is 17.9 Å². The maximum atomic E-state index is 12.1. The average Bonchev–Trinajstić information content (AvgIpc) is 2.32. The van der Waals surface area contributed by atoms with Crippen molar-refractivity contribution in [2.75, 3.05) is 0 Å². The van der Waals surface area contributed by atoms with Crippen molar-refractivity contribution in [3.05, 3.63) is 33.4 Å². The van der Waals surface area contributed by atoms with Crippen LogP contribution in [0.2, 0.25) is 0 Å². The SMILES string of the molecule is O=C(O)CC1=CC=C2CCC([N+](=O)[O-])CC2C1=O. The molecule has 0 aromatic rings. The molecule has 0 aromatic heterocycles. The molecule has 1 fully saturated rings. The molecule has 2 unspecified atom stereocenters. The smallest absolute Gasteiger partial charge is 0.307 e. The van der Waals surface area contributed by atoms with Crippen LogP contribution in [0.5, 0.6) is 0 Å². The summed E-state index contributed by atoms with van der Waals surface area (Å²) < 4.78 is 0. The second-order valence-corrected chi connectivity index (χ2v) is 4.63. The lowest BCUT2D eigenvalue weighted by atomic mass is 9.74. The summed E-state index contributed by atoms with van der Waals surface area (Å²) in [6.45, 7) is 0. The van der Waals surface area contributed by atoms with E-state index in [1.54, 1.807) is 6.08 Å². The Morgan fingerprint density at radius 1 is 1.50 bits per heavy atom. The van der Waals surface area contributed by atoms with Crippen molar-refractivity contribution < 1.29 is 19.6 Å². The van der Waals surface area contributed by atoms with Gasteiger partial charge >= 0.3 is 5.97 Å². The number of hydrogen-bond donors (Lipinski definition) is 1. The molecule has 0 aromatic carbocycles. The zero-order valence-electron chi connectivity index (χ0n) is 9.67. The summed E-state index contributed by atoms with van der Waals surface area (Å²) in [7, 11) is 0. The van der Waals surface area contributed by atoms with Crippen LogP contribution in [0.4, 0.5) is 0 Å². The van der Waals surface area contributed by atoms with Crippen LogP contribution >= 0.6 is 0 Å². The van der Waals surface area contributed by atoms with Gasteiger partial charge in [0.2, 0.25) is 6.04 Å². The maximum Gasteiger partial charge on any atom is 0.307 e. The van der Waals surface area contributed by atoms with E-state index >= 15 is 0 Å². The molecule has 6 heteroatoms. The standard InChI is InChI=1S/C12H13NO5/c14-11(15)5-8-2-1-7-3-4-9(13(17)18)6-10(7)12(8)16/h1-2,9-10H,3-6H2,(H,14,15). The number of aliphatic carboxylic acids is 1. The minimum atomic E-state index is -1.06. The number of fused-ring (bicyclic) bond motifs is 1. The fraction of sp³-hybridized carbons (Fsp3) is 0.500. The van der Waals surface area contributed by atoms with Gasteiger partial charge in [-0.1, -0.05) is 17.7 Å². The number of ketones is 1. The number of carboxylic acid groups (broad SMARTS) is 1. The van der Waals surface area contributed by atoms with Crippen molar-refractivity contribution in [1.29, 1.82) is 0 Å². The van der Waals surface area contributed by atoms with Gasteiger partial charge < -0.3 is 5.11 Å². The summed E-state index contributed by atoms with van der Waals surface area (Å²) in [5.41, 5.74) is 1.13. The number of rotatable bonds is 3. The van der Waals surface area contributed by atoms with Crippen molar-refractivity contribution in [1.82, 2.24) is 0 Å². The van der Waals surface area contributed by atoms with Gasteiger partial charge in [0.05, 0.1) is 6.42 Å². The maximum absolute atomic E-state index is 12.1. The molecular formula is C12H13NO5. The quantitative estimate of drug-likeness (QED) is 0.603. The highest BCUT2D eigenvalue weighted by molar-refractivity contribution is 6.03. The van der Waals surface area contributed by atoms with Gasteiger partial charge in [0.1, 0.15) is 0 Å². The van der Waals surface area contributed by atoms with Crippen molar-refractivity contribution in [3.63, 3.8) is 0 Å². The Morgan fingerprint density at radius 2 is 2.22 bits per heavy atom. The monoisotopic (exact) mass is 251 g/mol. The van der Waals surface area contributed by atoms with Crippen molar-refractivity contribution in [2.45, 2.75) is 31.7 Å². The molecule has 0 saturated heterocycles. The number of hydrogen-bond acceptors (Lipinski definition) is 4. The second-order valence-electron chi connectivity index (χ2n) is 4.63. The van der Waals surface area contributed by atoms with Crippen LogP contribution in [0.15, 0.2) is 23.3 Å². The average molecular weight is 251 g/mol. The summed E-state index contributed by atoms with van der Waals surface area (Å²) in [4.78, 5) is 33.1. The molecule has 2 atom stereocenters. The third kappa shape index (κ3) is 2.32. The van der Waals surface area contributed by atoms with Gasteiger partial charge in [0, 0.05) is 29.3 Å². The first-order chi connectivity index (χ1) is 8.49. The molecule has 18 heavy (non-hydrogen) atoms. The van der Waals surface area contributed by atoms with E-state index in [9.17, 15) is 19.7 Å². The molecule has 0 heterocycles. The molecule has 0 bridgehead atoms. The molecule has 0 spiro atoms. The Morgan fingerprint density at radius 3 is 2.83 bits per heavy atom. The second kappa shape index (κ2) is 4.72. The number of nitrogens with zero attached hydrogens (tertiary/aromatic N) is 1. The number of nitro groups is 1. The molecule has 0 amide bonds. The number of Topliss-reactive ketones (excluding diaryl/α,β-unsaturated/α-hetero) is 1. The van der Waals surface area contributed by atoms with Gasteiger partial charge in [-0.3, -0.25) is 19.7 Å². The summed E-state index contributed by atoms with van der Waals surface area (Å²) >= 11 is 0. The van der Waals surface area contributed by atoms with Crippen molar-refractivity contribution in [2.24, 2.45) is 5.92 Å². The van der Waals surface area contributed by atoms with Gasteiger partial charge in [0.25, 0.3) is 0 Å². The van der Waals surface area contributed by atoms with Crippen LogP contribution in [0.25, 0.3) is 0 Å². The van der Waals surface area contributed by atoms with E-state index in [4.69, 9.17) is 5.11 Å². The first-order valence-electron chi connectivity index (χ1n) is 5.78. The predicted molar refractivity (Wildman–Crippen MR) is 61.5 cm³/mol. The summed E-state index contributed by atoms with van der Waals surface area (Å²) in [6, 6.07) is -0.694. The van der Waals surface area contributed by atoms with E-state index in [1.165, 1.54) is 6.08 Å². The lowest BCUT2D eigenvalue weighted by molar-refractivity contribution is -0.526. The summed E-state index contributed by atoms with van der Waals surface area (Å²) in [5, 5.41) is 19.5. The Hall–Kier alpha value is -1.98. The highest BCUT2D eigenvalue weighted by atomic mass is 16.6. The number of carboxylic acids is 1. The Labute approximate surface area is 103 Å². The summed E-state index contributed by atoms with van der Waals surface area (Å²) in [6.07, 6.45) is 4.15. The number of carbonyl (C=O) groups is 2. The Kier molecular flexibility index (Phi) is 3.27. The molecule has 0 radical (unpaired) electrons. The van der Waals surface area contributed by atoms with Crippen LogP contribution in [0, 0.1) is 16.0 Å². The van der Waals surface area contributed by atoms with Gasteiger partial charge in [-0.05, 0) is 6.42 Å². The Bertz CT molecular complexity index is 477. The third-order valence-corrected chi connectivity index (χ3v) is 3.49. The van der Waals surface area contributed by atoms with E-state index in [-0.39, 0.29) is 29.1 Å². The van der Waals surface area contributed by atoms with E-state index in [0.717, 1.165) is 5.57 Å². The van der Waals surface area contributed by atoms with E-state index in [2.05, 4.69) is 0 Å². The molecular weight excluding hydrogens is 238 g/mol. The Balaban J connectivity index is 2.18. The molecule has 2 rings (SSSR count). The van der Waals surface area contributed by atoms with Gasteiger partial charge in [-0.15, -0.1) is 0 Å². The first-order valence-corrected chi connectivity index (χ1v) is 5.78. The summed E-state index contributed by atoms with van der Waals surface area (Å²) in [5.74, 6) is -1.82. The molecule has 1 N–H and O–H groups in total. The van der Waals surface area contributed by atoms with Crippen LogP contribution in [-0.2, 0) is 9.59 Å². The van der Waals surface area contributed by atoms with E-state index in [1.807, 2.05) is 0 Å². The normalized spacial score (nSPS) is 27.0. The molecule has 6 nitrogen and oxygen atoms in total.